The first-order chi connectivity index (χ1) is 10.2. The number of amides is 1. The number of carbonyl (C=O) groups excluding carboxylic acids is 1. The zero-order chi connectivity index (χ0) is 14.7. The molecule has 0 bridgehead atoms. The van der Waals surface area contributed by atoms with Crippen LogP contribution < -0.4 is 4.90 Å². The van der Waals surface area contributed by atoms with Crippen molar-refractivity contribution in [3.05, 3.63) is 41.7 Å². The SMILES string of the molecule is CC(=O)N1CCN(c2nc(Cc3ccccc3)ns2)CC1. The number of piperazine rings is 1. The molecule has 5 nitrogen and oxygen atoms in total. The number of nitrogens with zero attached hydrogens (tertiary/aromatic N) is 4. The Balaban J connectivity index is 1.62. The smallest absolute Gasteiger partial charge is 0.219 e. The van der Waals surface area contributed by atoms with Gasteiger partial charge in [-0.05, 0) is 5.56 Å². The van der Waals surface area contributed by atoms with E-state index < -0.39 is 0 Å². The van der Waals surface area contributed by atoms with Crippen molar-refractivity contribution in [1.29, 1.82) is 0 Å². The summed E-state index contributed by atoms with van der Waals surface area (Å²) in [6, 6.07) is 10.3. The average Bonchev–Trinajstić information content (AvgIpc) is 2.97. The molecule has 0 spiro atoms. The first-order valence-electron chi connectivity index (χ1n) is 7.09. The van der Waals surface area contributed by atoms with Crippen molar-refractivity contribution < 1.29 is 4.79 Å². The van der Waals surface area contributed by atoms with Crippen LogP contribution in [0.4, 0.5) is 5.13 Å². The van der Waals surface area contributed by atoms with Gasteiger partial charge in [0.15, 0.2) is 0 Å². The van der Waals surface area contributed by atoms with Crippen LogP contribution in [0, 0.1) is 0 Å². The topological polar surface area (TPSA) is 49.3 Å². The monoisotopic (exact) mass is 302 g/mol. The Labute approximate surface area is 128 Å². The summed E-state index contributed by atoms with van der Waals surface area (Å²) in [4.78, 5) is 20.1. The summed E-state index contributed by atoms with van der Waals surface area (Å²) in [5, 5.41) is 0.962. The van der Waals surface area contributed by atoms with Crippen molar-refractivity contribution >= 4 is 22.6 Å². The van der Waals surface area contributed by atoms with Crippen LogP contribution in [0.2, 0.25) is 0 Å². The van der Waals surface area contributed by atoms with Crippen LogP contribution in [-0.4, -0.2) is 46.3 Å². The zero-order valence-electron chi connectivity index (χ0n) is 12.0. The predicted octanol–water partition coefficient (Wildman–Crippen LogP) is 1.80. The number of rotatable bonds is 3. The maximum absolute atomic E-state index is 11.3. The van der Waals surface area contributed by atoms with E-state index >= 15 is 0 Å². The van der Waals surface area contributed by atoms with E-state index in [1.165, 1.54) is 17.1 Å². The van der Waals surface area contributed by atoms with Gasteiger partial charge in [-0.1, -0.05) is 30.3 Å². The number of aromatic nitrogens is 2. The lowest BCUT2D eigenvalue weighted by molar-refractivity contribution is -0.129. The molecule has 0 radical (unpaired) electrons. The normalized spacial score (nSPS) is 15.3. The molecule has 3 rings (SSSR count). The molecular weight excluding hydrogens is 284 g/mol. The van der Waals surface area contributed by atoms with Crippen molar-refractivity contribution in [2.45, 2.75) is 13.3 Å². The van der Waals surface area contributed by atoms with E-state index in [1.54, 1.807) is 6.92 Å². The van der Waals surface area contributed by atoms with Gasteiger partial charge in [-0.15, -0.1) is 0 Å². The summed E-state index contributed by atoms with van der Waals surface area (Å²) in [5.74, 6) is 1.02. The number of anilines is 1. The largest absolute Gasteiger partial charge is 0.343 e. The molecular formula is C15H18N4OS. The number of benzene rings is 1. The van der Waals surface area contributed by atoms with E-state index in [-0.39, 0.29) is 5.91 Å². The van der Waals surface area contributed by atoms with E-state index in [1.807, 2.05) is 23.1 Å². The van der Waals surface area contributed by atoms with Gasteiger partial charge in [0.1, 0.15) is 5.82 Å². The minimum atomic E-state index is 0.150. The standard InChI is InChI=1S/C15H18N4OS/c1-12(20)18-7-9-19(10-8-18)15-16-14(17-21-15)11-13-5-3-2-4-6-13/h2-6H,7-11H2,1H3. The second kappa shape index (κ2) is 6.22. The molecule has 0 unspecified atom stereocenters. The minimum absolute atomic E-state index is 0.150. The molecule has 110 valence electrons. The van der Waals surface area contributed by atoms with Crippen molar-refractivity contribution in [2.75, 3.05) is 31.1 Å². The molecule has 6 heteroatoms. The fraction of sp³-hybridized carbons (Fsp3) is 0.400. The van der Waals surface area contributed by atoms with Gasteiger partial charge in [-0.25, -0.2) is 4.98 Å². The third kappa shape index (κ3) is 3.39. The van der Waals surface area contributed by atoms with Gasteiger partial charge < -0.3 is 9.80 Å². The number of carbonyl (C=O) groups is 1. The highest BCUT2D eigenvalue weighted by Gasteiger charge is 2.21. The average molecular weight is 302 g/mol. The van der Waals surface area contributed by atoms with E-state index in [0.29, 0.717) is 0 Å². The van der Waals surface area contributed by atoms with Crippen molar-refractivity contribution in [3.63, 3.8) is 0 Å². The van der Waals surface area contributed by atoms with Crippen LogP contribution in [0.5, 0.6) is 0 Å². The summed E-state index contributed by atoms with van der Waals surface area (Å²) in [6.45, 7) is 4.82. The molecule has 0 atom stereocenters. The van der Waals surface area contributed by atoms with Crippen LogP contribution in [0.15, 0.2) is 30.3 Å². The van der Waals surface area contributed by atoms with Gasteiger partial charge in [-0.2, -0.15) is 4.37 Å². The highest BCUT2D eigenvalue weighted by atomic mass is 32.1. The molecule has 0 N–H and O–H groups in total. The molecule has 1 aliphatic rings. The second-order valence-electron chi connectivity index (χ2n) is 5.15. The lowest BCUT2D eigenvalue weighted by Crippen LogP contribution is -2.48. The quantitative estimate of drug-likeness (QED) is 0.867. The van der Waals surface area contributed by atoms with Crippen molar-refractivity contribution in [1.82, 2.24) is 14.3 Å². The van der Waals surface area contributed by atoms with Gasteiger partial charge in [0.25, 0.3) is 0 Å². The van der Waals surface area contributed by atoms with E-state index in [0.717, 1.165) is 43.6 Å². The Morgan fingerprint density at radius 3 is 2.57 bits per heavy atom. The molecule has 1 fully saturated rings. The highest BCUT2D eigenvalue weighted by molar-refractivity contribution is 7.09. The maximum Gasteiger partial charge on any atom is 0.219 e. The van der Waals surface area contributed by atoms with E-state index in [2.05, 4.69) is 26.4 Å². The Morgan fingerprint density at radius 1 is 1.19 bits per heavy atom. The molecule has 1 saturated heterocycles. The summed E-state index contributed by atoms with van der Waals surface area (Å²) >= 11 is 1.45. The maximum atomic E-state index is 11.3. The first kappa shape index (κ1) is 14.0. The van der Waals surface area contributed by atoms with Gasteiger partial charge >= 0.3 is 0 Å². The summed E-state index contributed by atoms with van der Waals surface area (Å²) in [5.41, 5.74) is 1.23. The Morgan fingerprint density at radius 2 is 1.90 bits per heavy atom. The van der Waals surface area contributed by atoms with Gasteiger partial charge in [0, 0.05) is 51.1 Å². The Hall–Kier alpha value is -1.95. The number of hydrogen-bond donors (Lipinski definition) is 0. The van der Waals surface area contributed by atoms with Gasteiger partial charge in [0.05, 0.1) is 0 Å². The molecule has 2 aromatic rings. The first-order valence-corrected chi connectivity index (χ1v) is 7.86. The molecule has 1 aliphatic heterocycles. The number of hydrogen-bond acceptors (Lipinski definition) is 5. The molecule has 1 amide bonds. The van der Waals surface area contributed by atoms with Crippen molar-refractivity contribution in [3.8, 4) is 0 Å². The third-order valence-corrected chi connectivity index (χ3v) is 4.47. The van der Waals surface area contributed by atoms with Crippen LogP contribution in [0.3, 0.4) is 0 Å². The lowest BCUT2D eigenvalue weighted by atomic mass is 10.1. The minimum Gasteiger partial charge on any atom is -0.343 e. The van der Waals surface area contributed by atoms with Crippen LogP contribution in [0.1, 0.15) is 18.3 Å². The highest BCUT2D eigenvalue weighted by Crippen LogP contribution is 2.20. The van der Waals surface area contributed by atoms with Gasteiger partial charge in [0.2, 0.25) is 11.0 Å². The third-order valence-electron chi connectivity index (χ3n) is 3.66. The van der Waals surface area contributed by atoms with E-state index in [9.17, 15) is 4.79 Å². The zero-order valence-corrected chi connectivity index (χ0v) is 12.8. The molecule has 0 aliphatic carbocycles. The fourth-order valence-electron chi connectivity index (χ4n) is 2.44. The molecule has 21 heavy (non-hydrogen) atoms. The van der Waals surface area contributed by atoms with E-state index in [4.69, 9.17) is 0 Å². The van der Waals surface area contributed by atoms with Crippen LogP contribution in [0.25, 0.3) is 0 Å². The Kier molecular flexibility index (Phi) is 4.15. The van der Waals surface area contributed by atoms with Crippen LogP contribution >= 0.6 is 11.5 Å². The fourth-order valence-corrected chi connectivity index (χ4v) is 3.17. The Bertz CT molecular complexity index is 605. The summed E-state index contributed by atoms with van der Waals surface area (Å²) in [6.07, 6.45) is 0.769. The second-order valence-corrected chi connectivity index (χ2v) is 5.88. The molecule has 0 saturated carbocycles. The lowest BCUT2D eigenvalue weighted by Gasteiger charge is -2.33. The van der Waals surface area contributed by atoms with Crippen molar-refractivity contribution in [2.24, 2.45) is 0 Å². The predicted molar refractivity (Wildman–Crippen MR) is 83.6 cm³/mol. The van der Waals surface area contributed by atoms with Gasteiger partial charge in [-0.3, -0.25) is 4.79 Å². The molecule has 2 heterocycles. The summed E-state index contributed by atoms with van der Waals surface area (Å²) < 4.78 is 4.45. The summed E-state index contributed by atoms with van der Waals surface area (Å²) in [7, 11) is 0. The molecule has 1 aromatic heterocycles. The molecule has 1 aromatic carbocycles. The van der Waals surface area contributed by atoms with Crippen LogP contribution in [-0.2, 0) is 11.2 Å².